The molecule has 1 fully saturated rings. The maximum absolute atomic E-state index is 12.4. The normalized spacial score (nSPS) is 15.3. The number of carbonyl (C=O) groups excluding carboxylic acids is 1. The number of furan rings is 1. The molecule has 30 heavy (non-hydrogen) atoms. The monoisotopic (exact) mass is 411 g/mol. The predicted octanol–water partition coefficient (Wildman–Crippen LogP) is 2.56. The maximum atomic E-state index is 12.4. The lowest BCUT2D eigenvalue weighted by Gasteiger charge is -2.30. The number of rotatable bonds is 4. The first-order valence-corrected chi connectivity index (χ1v) is 9.79. The highest BCUT2D eigenvalue weighted by Crippen LogP contribution is 2.23. The Hall–Kier alpha value is -3.24. The zero-order valence-corrected chi connectivity index (χ0v) is 17.5. The second-order valence-electron chi connectivity index (χ2n) is 7.42. The minimum Gasteiger partial charge on any atom is -0.458 e. The van der Waals surface area contributed by atoms with Crippen molar-refractivity contribution in [2.24, 2.45) is 0 Å². The Balaban J connectivity index is 1.60. The third-order valence-corrected chi connectivity index (χ3v) is 4.80. The highest BCUT2D eigenvalue weighted by Gasteiger charge is 2.19. The van der Waals surface area contributed by atoms with Gasteiger partial charge in [0.25, 0.3) is 0 Å². The molecule has 0 unspecified atom stereocenters. The van der Waals surface area contributed by atoms with Gasteiger partial charge in [-0.2, -0.15) is 5.10 Å². The van der Waals surface area contributed by atoms with Crippen molar-refractivity contribution in [1.29, 1.82) is 0 Å². The first-order valence-electron chi connectivity index (χ1n) is 9.79. The summed E-state index contributed by atoms with van der Waals surface area (Å²) in [7, 11) is 2.04. The summed E-state index contributed by atoms with van der Waals surface area (Å²) in [5.74, 6) is 2.42. The van der Waals surface area contributed by atoms with Crippen LogP contribution in [-0.4, -0.2) is 69.0 Å². The quantitative estimate of drug-likeness (QED) is 0.699. The fourth-order valence-corrected chi connectivity index (χ4v) is 3.26. The largest absolute Gasteiger partial charge is 0.458 e. The van der Waals surface area contributed by atoms with Crippen molar-refractivity contribution < 1.29 is 14.0 Å². The number of nitrogens with zero attached hydrogens (tertiary/aromatic N) is 6. The smallest absolute Gasteiger partial charge is 0.431 e. The van der Waals surface area contributed by atoms with E-state index in [-0.39, 0.29) is 0 Å². The van der Waals surface area contributed by atoms with Crippen molar-refractivity contribution in [2.45, 2.75) is 20.8 Å². The van der Waals surface area contributed by atoms with E-state index in [0.717, 1.165) is 30.2 Å². The topological polar surface area (TPSA) is 102 Å². The van der Waals surface area contributed by atoms with Crippen LogP contribution in [0.15, 0.2) is 28.7 Å². The molecule has 0 aromatic carbocycles. The highest BCUT2D eigenvalue weighted by molar-refractivity contribution is 5.83. The van der Waals surface area contributed by atoms with Crippen LogP contribution >= 0.6 is 0 Å². The van der Waals surface area contributed by atoms with Crippen molar-refractivity contribution in [3.05, 3.63) is 41.4 Å². The second kappa shape index (κ2) is 8.25. The fraction of sp³-hybridized carbons (Fsp3) is 0.400. The minimum atomic E-state index is -0.598. The number of carbonyl (C=O) groups is 1. The molecule has 10 nitrogen and oxygen atoms in total. The zero-order chi connectivity index (χ0) is 21.3. The molecule has 0 saturated carbocycles. The summed E-state index contributed by atoms with van der Waals surface area (Å²) in [6.45, 7) is 8.68. The molecule has 0 atom stereocenters. The average Bonchev–Trinajstić information content (AvgIpc) is 3.28. The summed E-state index contributed by atoms with van der Waals surface area (Å²) in [5, 5.41) is 8.83. The van der Waals surface area contributed by atoms with E-state index in [1.54, 1.807) is 21.9 Å². The van der Waals surface area contributed by atoms with Crippen LogP contribution in [0.4, 0.5) is 10.6 Å². The van der Waals surface area contributed by atoms with Crippen LogP contribution < -0.4 is 5.32 Å². The van der Waals surface area contributed by atoms with Gasteiger partial charge in [-0.05, 0) is 46.0 Å². The summed E-state index contributed by atoms with van der Waals surface area (Å²) in [5.41, 5.74) is 1.78. The van der Waals surface area contributed by atoms with E-state index in [1.807, 2.05) is 40.0 Å². The zero-order valence-electron chi connectivity index (χ0n) is 17.5. The van der Waals surface area contributed by atoms with Gasteiger partial charge in [-0.1, -0.05) is 0 Å². The second-order valence-corrected chi connectivity index (χ2v) is 7.42. The predicted molar refractivity (Wildman–Crippen MR) is 110 cm³/mol. The summed E-state index contributed by atoms with van der Waals surface area (Å²) >= 11 is 0. The summed E-state index contributed by atoms with van der Waals surface area (Å²) in [6, 6.07) is 7.24. The number of piperazine rings is 1. The van der Waals surface area contributed by atoms with Gasteiger partial charge in [-0.25, -0.2) is 19.4 Å². The lowest BCUT2D eigenvalue weighted by Crippen LogP contribution is -2.45. The number of hydroxylamine groups is 2. The highest BCUT2D eigenvalue weighted by atomic mass is 16.7. The molecule has 1 amide bonds. The molecule has 0 spiro atoms. The van der Waals surface area contributed by atoms with Crippen molar-refractivity contribution >= 4 is 11.9 Å². The van der Waals surface area contributed by atoms with Gasteiger partial charge < -0.3 is 14.2 Å². The Morgan fingerprint density at radius 1 is 1.10 bits per heavy atom. The number of likely N-dealkylation sites (N-methyl/N-ethyl adjacent to an activating group) is 1. The van der Waals surface area contributed by atoms with Crippen LogP contribution in [-0.2, 0) is 4.84 Å². The van der Waals surface area contributed by atoms with Gasteiger partial charge in [0.2, 0.25) is 0 Å². The molecular formula is C20H25N7O3. The third-order valence-electron chi connectivity index (χ3n) is 4.80. The lowest BCUT2D eigenvalue weighted by molar-refractivity contribution is -0.115. The molecule has 0 bridgehead atoms. The lowest BCUT2D eigenvalue weighted by atomic mass is 10.4. The van der Waals surface area contributed by atoms with Gasteiger partial charge in [0.05, 0.1) is 5.69 Å². The molecule has 10 heteroatoms. The molecule has 4 heterocycles. The van der Waals surface area contributed by atoms with Crippen molar-refractivity contribution in [3.8, 4) is 17.4 Å². The first kappa shape index (κ1) is 20.0. The van der Waals surface area contributed by atoms with Crippen LogP contribution in [0.3, 0.4) is 0 Å². The van der Waals surface area contributed by atoms with Crippen LogP contribution in [0.25, 0.3) is 17.4 Å². The van der Waals surface area contributed by atoms with Crippen LogP contribution in [0.5, 0.6) is 0 Å². The summed E-state index contributed by atoms with van der Waals surface area (Å²) < 4.78 is 7.38. The van der Waals surface area contributed by atoms with Gasteiger partial charge in [0.1, 0.15) is 11.6 Å². The standard InChI is InChI=1S/C20H25N7O3/c1-13-11-14(2)27(24-13)18-12-17(21-19(23-18)16-6-5-15(3)29-16)22-20(28)30-26-9-7-25(4)8-10-26/h5-6,11-12H,7-10H2,1-4H3,(H,21,22,23,28). The summed E-state index contributed by atoms with van der Waals surface area (Å²) in [4.78, 5) is 29.1. The number of nitrogens with one attached hydrogen (secondary N) is 1. The molecule has 3 aromatic heterocycles. The van der Waals surface area contributed by atoms with Gasteiger partial charge in [0, 0.05) is 37.9 Å². The first-order chi connectivity index (χ1) is 14.4. The Kier molecular flexibility index (Phi) is 5.51. The van der Waals surface area contributed by atoms with E-state index >= 15 is 0 Å². The van der Waals surface area contributed by atoms with Crippen molar-refractivity contribution in [3.63, 3.8) is 0 Å². The minimum absolute atomic E-state index is 0.302. The molecule has 1 saturated heterocycles. The fourth-order valence-electron chi connectivity index (χ4n) is 3.26. The van der Waals surface area contributed by atoms with Gasteiger partial charge in [-0.3, -0.25) is 5.32 Å². The van der Waals surface area contributed by atoms with E-state index in [0.29, 0.717) is 36.3 Å². The number of hydrogen-bond donors (Lipinski definition) is 1. The van der Waals surface area contributed by atoms with E-state index in [1.165, 1.54) is 0 Å². The van der Waals surface area contributed by atoms with Gasteiger partial charge in [-0.15, -0.1) is 5.06 Å². The molecule has 1 aliphatic rings. The van der Waals surface area contributed by atoms with E-state index in [4.69, 9.17) is 9.25 Å². The number of aromatic nitrogens is 4. The molecule has 1 N–H and O–H groups in total. The molecule has 3 aromatic rings. The SMILES string of the molecule is Cc1cc(C)n(-c2cc(NC(=O)ON3CCN(C)CC3)nc(-c3ccc(C)o3)n2)n1. The van der Waals surface area contributed by atoms with Gasteiger partial charge >= 0.3 is 6.09 Å². The van der Waals surface area contributed by atoms with Crippen LogP contribution in [0.1, 0.15) is 17.1 Å². The van der Waals surface area contributed by atoms with Crippen molar-refractivity contribution in [1.82, 2.24) is 29.7 Å². The number of anilines is 1. The Morgan fingerprint density at radius 2 is 1.87 bits per heavy atom. The van der Waals surface area contributed by atoms with Crippen molar-refractivity contribution in [2.75, 3.05) is 38.5 Å². The molecule has 158 valence electrons. The van der Waals surface area contributed by atoms with E-state index in [2.05, 4.69) is 25.3 Å². The maximum Gasteiger partial charge on any atom is 0.431 e. The molecule has 4 rings (SSSR count). The summed E-state index contributed by atoms with van der Waals surface area (Å²) in [6.07, 6.45) is -0.598. The Morgan fingerprint density at radius 3 is 2.50 bits per heavy atom. The Bertz CT molecular complexity index is 1050. The third kappa shape index (κ3) is 4.50. The van der Waals surface area contributed by atoms with Crippen LogP contribution in [0, 0.1) is 20.8 Å². The molecular weight excluding hydrogens is 386 g/mol. The van der Waals surface area contributed by atoms with Gasteiger partial charge in [0.15, 0.2) is 17.4 Å². The number of amides is 1. The average molecular weight is 411 g/mol. The van der Waals surface area contributed by atoms with E-state index < -0.39 is 6.09 Å². The molecule has 0 aliphatic carbocycles. The Labute approximate surface area is 174 Å². The number of aryl methyl sites for hydroxylation is 3. The molecule has 0 radical (unpaired) electrons. The number of hydrogen-bond acceptors (Lipinski definition) is 8. The van der Waals surface area contributed by atoms with Crippen LogP contribution in [0.2, 0.25) is 0 Å². The molecule has 1 aliphatic heterocycles. The van der Waals surface area contributed by atoms with E-state index in [9.17, 15) is 4.79 Å².